The molecule has 1 saturated carbocycles. The minimum atomic E-state index is -2.80. The third-order valence-corrected chi connectivity index (χ3v) is 8.53. The number of phenolic OH excluding ortho intramolecular Hbond substituents is 1. The normalized spacial score (nSPS) is 25.7. The van der Waals surface area contributed by atoms with Crippen LogP contribution in [0.3, 0.4) is 0 Å². The number of hydrogen-bond donors (Lipinski definition) is 6. The molecule has 0 saturated heterocycles. The first-order valence-electron chi connectivity index (χ1n) is 11.8. The van der Waals surface area contributed by atoms with E-state index >= 15 is 4.39 Å². The molecule has 11 nitrogen and oxygen atoms in total. The van der Waals surface area contributed by atoms with Crippen LogP contribution < -0.4 is 11.1 Å². The van der Waals surface area contributed by atoms with E-state index in [1.54, 1.807) is 11.4 Å². The average molecular weight is 594 g/mol. The van der Waals surface area contributed by atoms with Gasteiger partial charge in [0, 0.05) is 23.1 Å². The Bertz CT molecular complexity index is 1540. The second kappa shape index (κ2) is 10.0. The van der Waals surface area contributed by atoms with Crippen LogP contribution in [0.15, 0.2) is 40.5 Å². The van der Waals surface area contributed by atoms with Crippen LogP contribution in [0.1, 0.15) is 27.2 Å². The number of rotatable bonds is 4. The quantitative estimate of drug-likeness (QED) is 0.227. The Morgan fingerprint density at radius 1 is 1.23 bits per heavy atom. The van der Waals surface area contributed by atoms with Crippen molar-refractivity contribution in [1.29, 1.82) is 0 Å². The van der Waals surface area contributed by atoms with Crippen molar-refractivity contribution in [2.24, 2.45) is 17.6 Å². The molecule has 1 fully saturated rings. The third kappa shape index (κ3) is 4.00. The van der Waals surface area contributed by atoms with E-state index in [2.05, 4.69) is 5.32 Å². The largest absolute Gasteiger partial charge is 0.508 e. The standard InChI is InChI=1S/C26H24FN3O8S.ClH/c1-30(2)18-11-7-9-6-10-12(27)8-13(29-25(37)14-4-3-5-39-14)19(31)16(10)20(32)15(9)22(34)26(11,38)23(35)17(21(18)33)24(28)36;/h3-5,8-9,11,18,31-32,35,38H,6-7H2,1-2H3,(H2,28,36)(H,29,37);1H/t9-,11-,18-,26-;/m0./s1. The second-order valence-corrected chi connectivity index (χ2v) is 10.9. The smallest absolute Gasteiger partial charge is 0.265 e. The summed E-state index contributed by atoms with van der Waals surface area (Å²) in [6.07, 6.45) is -0.365. The van der Waals surface area contributed by atoms with Crippen LogP contribution in [0.25, 0.3) is 5.76 Å². The fourth-order valence-electron chi connectivity index (χ4n) is 5.95. The summed E-state index contributed by atoms with van der Waals surface area (Å²) in [5.41, 5.74) is 0.212. The number of aromatic hydroxyl groups is 1. The van der Waals surface area contributed by atoms with E-state index in [4.69, 9.17) is 5.73 Å². The molecule has 7 N–H and O–H groups in total. The van der Waals surface area contributed by atoms with Crippen molar-refractivity contribution in [2.75, 3.05) is 19.4 Å². The van der Waals surface area contributed by atoms with Crippen molar-refractivity contribution in [3.63, 3.8) is 0 Å². The molecule has 0 spiro atoms. The lowest BCUT2D eigenvalue weighted by Gasteiger charge is -2.50. The van der Waals surface area contributed by atoms with Gasteiger partial charge in [0.2, 0.25) is 5.78 Å². The number of primary amides is 1. The molecule has 212 valence electrons. The molecule has 1 heterocycles. The Balaban J connectivity index is 0.00000370. The highest BCUT2D eigenvalue weighted by molar-refractivity contribution is 7.12. The van der Waals surface area contributed by atoms with Crippen LogP contribution in [0.4, 0.5) is 10.1 Å². The number of likely N-dealkylation sites (N-methyl/N-ethyl adjacent to an activating group) is 1. The Morgan fingerprint density at radius 2 is 1.90 bits per heavy atom. The summed E-state index contributed by atoms with van der Waals surface area (Å²) >= 11 is 1.11. The monoisotopic (exact) mass is 593 g/mol. The van der Waals surface area contributed by atoms with Gasteiger partial charge in [0.25, 0.3) is 11.8 Å². The minimum absolute atomic E-state index is 0. The van der Waals surface area contributed by atoms with E-state index in [9.17, 15) is 39.6 Å². The van der Waals surface area contributed by atoms with Crippen LogP contribution >= 0.6 is 23.7 Å². The first-order valence-corrected chi connectivity index (χ1v) is 12.7. The summed E-state index contributed by atoms with van der Waals surface area (Å²) in [6, 6.07) is 2.81. The van der Waals surface area contributed by atoms with Gasteiger partial charge in [-0.3, -0.25) is 24.1 Å². The van der Waals surface area contributed by atoms with Crippen LogP contribution in [-0.2, 0) is 20.8 Å². The van der Waals surface area contributed by atoms with Crippen molar-refractivity contribution in [3.8, 4) is 5.75 Å². The van der Waals surface area contributed by atoms with E-state index in [1.807, 2.05) is 0 Å². The second-order valence-electron chi connectivity index (χ2n) is 10.0. The lowest BCUT2D eigenvalue weighted by atomic mass is 9.57. The van der Waals surface area contributed by atoms with E-state index in [0.717, 1.165) is 17.4 Å². The molecule has 2 aromatic rings. The van der Waals surface area contributed by atoms with Crippen molar-refractivity contribution < 1.29 is 44.0 Å². The molecule has 2 amide bonds. The van der Waals surface area contributed by atoms with Gasteiger partial charge in [-0.2, -0.15) is 0 Å². The Kier molecular flexibility index (Phi) is 7.30. The number of Topliss-reactive ketones (excluding diaryl/α,β-unsaturated/α-hetero) is 2. The topological polar surface area (TPSA) is 190 Å². The number of ketones is 2. The zero-order chi connectivity index (χ0) is 28.5. The lowest BCUT2D eigenvalue weighted by molar-refractivity contribution is -0.153. The Morgan fingerprint density at radius 3 is 2.48 bits per heavy atom. The maximum absolute atomic E-state index is 15.3. The number of nitrogens with one attached hydrogen (secondary N) is 1. The number of carbonyl (C=O) groups is 4. The Hall–Kier alpha value is -3.78. The van der Waals surface area contributed by atoms with Crippen LogP contribution in [-0.4, -0.2) is 74.4 Å². The maximum Gasteiger partial charge on any atom is 0.265 e. The van der Waals surface area contributed by atoms with Gasteiger partial charge < -0.3 is 31.5 Å². The number of aliphatic hydroxyl groups excluding tert-OH is 2. The number of hydrogen-bond acceptors (Lipinski definition) is 10. The molecule has 0 radical (unpaired) electrons. The van der Waals surface area contributed by atoms with Gasteiger partial charge in [0.15, 0.2) is 17.1 Å². The summed E-state index contributed by atoms with van der Waals surface area (Å²) in [4.78, 5) is 53.1. The predicted molar refractivity (Wildman–Crippen MR) is 144 cm³/mol. The number of benzene rings is 1. The SMILES string of the molecule is CN(C)[C@@H]1C(=O)C(C(N)=O)=C(O)[C@@]2(O)C(=O)C3=C(O)c4c(O)c(NC(=O)c5cccs5)cc(F)c4C[C@H]3C[C@@H]12.Cl. The molecule has 0 unspecified atom stereocenters. The number of nitrogens with two attached hydrogens (primary N) is 1. The number of amides is 2. The van der Waals surface area contributed by atoms with Gasteiger partial charge in [0.05, 0.1) is 22.2 Å². The number of thiophene rings is 1. The molecule has 1 aromatic carbocycles. The zero-order valence-electron chi connectivity index (χ0n) is 21.1. The van der Waals surface area contributed by atoms with Gasteiger partial charge in [0.1, 0.15) is 22.9 Å². The number of halogens is 2. The number of nitrogens with zero attached hydrogens (tertiary/aromatic N) is 1. The van der Waals surface area contributed by atoms with Gasteiger partial charge in [-0.05, 0) is 44.3 Å². The van der Waals surface area contributed by atoms with Crippen LogP contribution in [0.5, 0.6) is 5.75 Å². The van der Waals surface area contributed by atoms with Gasteiger partial charge >= 0.3 is 0 Å². The molecule has 5 rings (SSSR count). The van der Waals surface area contributed by atoms with Gasteiger partial charge in [-0.15, -0.1) is 23.7 Å². The summed E-state index contributed by atoms with van der Waals surface area (Å²) in [5, 5.41) is 48.6. The van der Waals surface area contributed by atoms with Gasteiger partial charge in [-0.1, -0.05) is 6.07 Å². The van der Waals surface area contributed by atoms with Crippen LogP contribution in [0, 0.1) is 17.7 Å². The summed E-state index contributed by atoms with van der Waals surface area (Å²) < 4.78 is 15.3. The number of aliphatic hydroxyl groups is 3. The van der Waals surface area contributed by atoms with Crippen molar-refractivity contribution >= 4 is 58.6 Å². The van der Waals surface area contributed by atoms with Gasteiger partial charge in [-0.25, -0.2) is 4.39 Å². The van der Waals surface area contributed by atoms with E-state index in [0.29, 0.717) is 0 Å². The molecule has 0 aliphatic heterocycles. The lowest BCUT2D eigenvalue weighted by Crippen LogP contribution is -2.65. The fraction of sp³-hybridized carbons (Fsp3) is 0.308. The Labute approximate surface area is 236 Å². The molecule has 1 aromatic heterocycles. The molecule has 3 aliphatic carbocycles. The number of phenols is 1. The maximum atomic E-state index is 15.3. The molecular weight excluding hydrogens is 569 g/mol. The number of fused-ring (bicyclic) bond motifs is 3. The summed E-state index contributed by atoms with van der Waals surface area (Å²) in [6.45, 7) is 0. The zero-order valence-corrected chi connectivity index (χ0v) is 22.7. The minimum Gasteiger partial charge on any atom is -0.508 e. The molecule has 4 atom stereocenters. The van der Waals surface area contributed by atoms with Crippen molar-refractivity contribution in [2.45, 2.75) is 24.5 Å². The highest BCUT2D eigenvalue weighted by Crippen LogP contribution is 2.53. The first-order chi connectivity index (χ1) is 18.3. The average Bonchev–Trinajstić information content (AvgIpc) is 3.39. The number of anilines is 1. The van der Waals surface area contributed by atoms with E-state index in [-0.39, 0.29) is 41.4 Å². The van der Waals surface area contributed by atoms with E-state index < -0.39 is 86.7 Å². The molecule has 14 heteroatoms. The summed E-state index contributed by atoms with van der Waals surface area (Å²) in [7, 11) is 2.97. The third-order valence-electron chi connectivity index (χ3n) is 7.66. The highest BCUT2D eigenvalue weighted by atomic mass is 35.5. The molecule has 40 heavy (non-hydrogen) atoms. The van der Waals surface area contributed by atoms with Crippen molar-refractivity contribution in [3.05, 3.63) is 62.3 Å². The highest BCUT2D eigenvalue weighted by Gasteiger charge is 2.64. The fourth-order valence-corrected chi connectivity index (χ4v) is 6.57. The molecular formula is C26H25ClFN3O8S. The first kappa shape index (κ1) is 29.2. The molecule has 0 bridgehead atoms. The van der Waals surface area contributed by atoms with Crippen molar-refractivity contribution in [1.82, 2.24) is 4.90 Å². The number of carbonyl (C=O) groups excluding carboxylic acids is 4. The molecule has 3 aliphatic rings. The summed E-state index contributed by atoms with van der Waals surface area (Å²) in [5.74, 6) is -9.89. The predicted octanol–water partition coefficient (Wildman–Crippen LogP) is 1.84. The van der Waals surface area contributed by atoms with E-state index in [1.165, 1.54) is 25.1 Å². The van der Waals surface area contributed by atoms with Crippen LogP contribution in [0.2, 0.25) is 0 Å².